The Labute approximate surface area is 148 Å². The molecule has 116 valence electrons. The van der Waals surface area contributed by atoms with Gasteiger partial charge in [0.05, 0.1) is 5.56 Å². The van der Waals surface area contributed by atoms with Crippen molar-refractivity contribution in [2.75, 3.05) is 0 Å². The van der Waals surface area contributed by atoms with Crippen molar-refractivity contribution in [2.24, 2.45) is 0 Å². The SMILES string of the molecule is CCCC(=O)c1ccc(Br)cc1OCc1ccc(Cl)cc1Cl. The molecule has 0 unspecified atom stereocenters. The van der Waals surface area contributed by atoms with Crippen molar-refractivity contribution < 1.29 is 9.53 Å². The van der Waals surface area contributed by atoms with Crippen molar-refractivity contribution in [3.63, 3.8) is 0 Å². The van der Waals surface area contributed by atoms with Gasteiger partial charge in [0.15, 0.2) is 5.78 Å². The summed E-state index contributed by atoms with van der Waals surface area (Å²) in [6.45, 7) is 2.25. The van der Waals surface area contributed by atoms with Crippen LogP contribution in [-0.2, 0) is 6.61 Å². The van der Waals surface area contributed by atoms with Crippen molar-refractivity contribution in [1.29, 1.82) is 0 Å². The molecule has 0 fully saturated rings. The highest BCUT2D eigenvalue weighted by Gasteiger charge is 2.13. The first-order valence-corrected chi connectivity index (χ1v) is 8.45. The highest BCUT2D eigenvalue weighted by Crippen LogP contribution is 2.28. The van der Waals surface area contributed by atoms with E-state index in [0.717, 1.165) is 16.5 Å². The lowest BCUT2D eigenvalue weighted by atomic mass is 10.1. The quantitative estimate of drug-likeness (QED) is 0.529. The molecule has 0 aromatic heterocycles. The van der Waals surface area contributed by atoms with Crippen molar-refractivity contribution in [3.8, 4) is 5.75 Å². The van der Waals surface area contributed by atoms with Gasteiger partial charge in [-0.05, 0) is 36.8 Å². The molecule has 0 N–H and O–H groups in total. The standard InChI is InChI=1S/C17H15BrCl2O2/c1-2-3-16(21)14-7-5-12(18)8-17(14)22-10-11-4-6-13(19)9-15(11)20/h4-9H,2-3,10H2,1H3. The van der Waals surface area contributed by atoms with Crippen LogP contribution in [0.25, 0.3) is 0 Å². The Kier molecular flexibility index (Phi) is 6.30. The van der Waals surface area contributed by atoms with Crippen LogP contribution >= 0.6 is 39.1 Å². The maximum absolute atomic E-state index is 12.2. The molecule has 0 saturated heterocycles. The van der Waals surface area contributed by atoms with Gasteiger partial charge in [-0.15, -0.1) is 0 Å². The van der Waals surface area contributed by atoms with Crippen molar-refractivity contribution >= 4 is 44.9 Å². The molecule has 0 spiro atoms. The predicted molar refractivity (Wildman–Crippen MR) is 94.2 cm³/mol. The fourth-order valence-corrected chi connectivity index (χ4v) is 2.81. The molecule has 0 amide bonds. The minimum atomic E-state index is 0.0761. The van der Waals surface area contributed by atoms with Crippen LogP contribution in [0, 0.1) is 0 Å². The summed E-state index contributed by atoms with van der Waals surface area (Å²) in [6.07, 6.45) is 1.30. The van der Waals surface area contributed by atoms with Gasteiger partial charge >= 0.3 is 0 Å². The molecule has 2 nitrogen and oxygen atoms in total. The molecular weight excluding hydrogens is 387 g/mol. The van der Waals surface area contributed by atoms with Crippen LogP contribution in [0.15, 0.2) is 40.9 Å². The largest absolute Gasteiger partial charge is 0.488 e. The van der Waals surface area contributed by atoms with E-state index in [9.17, 15) is 4.79 Å². The van der Waals surface area contributed by atoms with Gasteiger partial charge in [0, 0.05) is 26.5 Å². The molecule has 0 radical (unpaired) electrons. The van der Waals surface area contributed by atoms with Crippen LogP contribution in [-0.4, -0.2) is 5.78 Å². The van der Waals surface area contributed by atoms with E-state index in [1.165, 1.54) is 0 Å². The Bertz CT molecular complexity index is 686. The first-order valence-electron chi connectivity index (χ1n) is 6.90. The Morgan fingerprint density at radius 3 is 2.64 bits per heavy atom. The van der Waals surface area contributed by atoms with Crippen LogP contribution in [0.4, 0.5) is 0 Å². The molecular formula is C17H15BrCl2O2. The second-order valence-electron chi connectivity index (χ2n) is 4.84. The Morgan fingerprint density at radius 1 is 1.18 bits per heavy atom. The average molecular weight is 402 g/mol. The van der Waals surface area contributed by atoms with E-state index in [-0.39, 0.29) is 12.4 Å². The van der Waals surface area contributed by atoms with Gasteiger partial charge in [0.25, 0.3) is 0 Å². The molecule has 0 atom stereocenters. The lowest BCUT2D eigenvalue weighted by molar-refractivity contribution is 0.0977. The zero-order valence-corrected chi connectivity index (χ0v) is 15.1. The molecule has 0 saturated carbocycles. The third-order valence-electron chi connectivity index (χ3n) is 3.12. The van der Waals surface area contributed by atoms with Crippen LogP contribution in [0.5, 0.6) is 5.75 Å². The summed E-state index contributed by atoms with van der Waals surface area (Å²) in [5.74, 6) is 0.631. The Hall–Kier alpha value is -1.03. The van der Waals surface area contributed by atoms with E-state index in [2.05, 4.69) is 15.9 Å². The van der Waals surface area contributed by atoms with Gasteiger partial charge in [-0.2, -0.15) is 0 Å². The number of ether oxygens (including phenoxy) is 1. The Balaban J connectivity index is 2.21. The summed E-state index contributed by atoms with van der Waals surface area (Å²) in [7, 11) is 0. The van der Waals surface area contributed by atoms with E-state index >= 15 is 0 Å². The van der Waals surface area contributed by atoms with Gasteiger partial charge in [0.1, 0.15) is 12.4 Å². The number of halogens is 3. The summed E-state index contributed by atoms with van der Waals surface area (Å²) < 4.78 is 6.67. The number of carbonyl (C=O) groups excluding carboxylic acids is 1. The van der Waals surface area contributed by atoms with Crippen LogP contribution in [0.3, 0.4) is 0 Å². The number of Topliss-reactive ketones (excluding diaryl/α,β-unsaturated/α-hetero) is 1. The maximum atomic E-state index is 12.2. The molecule has 22 heavy (non-hydrogen) atoms. The van der Waals surface area contributed by atoms with E-state index in [1.54, 1.807) is 24.3 Å². The van der Waals surface area contributed by atoms with Crippen LogP contribution < -0.4 is 4.74 Å². The van der Waals surface area contributed by atoms with Gasteiger partial charge in [-0.3, -0.25) is 4.79 Å². The first-order chi connectivity index (χ1) is 10.5. The third kappa shape index (κ3) is 4.48. The lowest BCUT2D eigenvalue weighted by Crippen LogP contribution is -2.04. The van der Waals surface area contributed by atoms with Crippen LogP contribution in [0.1, 0.15) is 35.7 Å². The van der Waals surface area contributed by atoms with Gasteiger partial charge < -0.3 is 4.74 Å². The molecule has 2 aromatic carbocycles. The fraction of sp³-hybridized carbons (Fsp3) is 0.235. The van der Waals surface area contributed by atoms with Crippen molar-refractivity contribution in [2.45, 2.75) is 26.4 Å². The fourth-order valence-electron chi connectivity index (χ4n) is 2.00. The predicted octanol–water partition coefficient (Wildman–Crippen LogP) is 6.32. The smallest absolute Gasteiger partial charge is 0.166 e. The summed E-state index contributed by atoms with van der Waals surface area (Å²) in [5.41, 5.74) is 1.41. The molecule has 0 aliphatic carbocycles. The number of benzene rings is 2. The second kappa shape index (κ2) is 8.00. The van der Waals surface area contributed by atoms with Crippen molar-refractivity contribution in [3.05, 3.63) is 62.0 Å². The van der Waals surface area contributed by atoms with Crippen LogP contribution in [0.2, 0.25) is 10.0 Å². The number of carbonyl (C=O) groups is 1. The molecule has 2 aromatic rings. The topological polar surface area (TPSA) is 26.3 Å². The highest BCUT2D eigenvalue weighted by molar-refractivity contribution is 9.10. The zero-order valence-electron chi connectivity index (χ0n) is 12.0. The molecule has 0 aliphatic heterocycles. The second-order valence-corrected chi connectivity index (χ2v) is 6.60. The maximum Gasteiger partial charge on any atom is 0.166 e. The van der Waals surface area contributed by atoms with Gasteiger partial charge in [-0.1, -0.05) is 52.1 Å². The van der Waals surface area contributed by atoms with Crippen molar-refractivity contribution in [1.82, 2.24) is 0 Å². The Morgan fingerprint density at radius 2 is 1.95 bits per heavy atom. The average Bonchev–Trinajstić information content (AvgIpc) is 2.46. The monoisotopic (exact) mass is 400 g/mol. The number of hydrogen-bond acceptors (Lipinski definition) is 2. The zero-order chi connectivity index (χ0) is 16.1. The molecule has 2 rings (SSSR count). The number of hydrogen-bond donors (Lipinski definition) is 0. The number of ketones is 1. The summed E-state index contributed by atoms with van der Waals surface area (Å²) in [6, 6.07) is 10.7. The molecule has 0 aliphatic rings. The summed E-state index contributed by atoms with van der Waals surface area (Å²) in [4.78, 5) is 12.2. The van der Waals surface area contributed by atoms with Gasteiger partial charge in [0.2, 0.25) is 0 Å². The van der Waals surface area contributed by atoms with E-state index < -0.39 is 0 Å². The van der Waals surface area contributed by atoms with E-state index in [1.807, 2.05) is 19.1 Å². The molecule has 5 heteroatoms. The molecule has 0 bridgehead atoms. The number of rotatable bonds is 6. The molecule has 0 heterocycles. The lowest BCUT2D eigenvalue weighted by Gasteiger charge is -2.12. The minimum Gasteiger partial charge on any atom is -0.488 e. The van der Waals surface area contributed by atoms with E-state index in [0.29, 0.717) is 27.8 Å². The minimum absolute atomic E-state index is 0.0761. The highest BCUT2D eigenvalue weighted by atomic mass is 79.9. The normalized spacial score (nSPS) is 10.5. The first kappa shape index (κ1) is 17.3. The van der Waals surface area contributed by atoms with Gasteiger partial charge in [-0.25, -0.2) is 0 Å². The summed E-state index contributed by atoms with van der Waals surface area (Å²) in [5, 5.41) is 1.12. The summed E-state index contributed by atoms with van der Waals surface area (Å²) >= 11 is 15.4. The van der Waals surface area contributed by atoms with E-state index in [4.69, 9.17) is 27.9 Å². The third-order valence-corrected chi connectivity index (χ3v) is 4.20.